The molecule has 0 radical (unpaired) electrons. The van der Waals surface area contributed by atoms with E-state index in [9.17, 15) is 4.79 Å². The van der Waals surface area contributed by atoms with Crippen LogP contribution in [0, 0.1) is 5.92 Å². The number of nitrogens with zero attached hydrogens (tertiary/aromatic N) is 1. The van der Waals surface area contributed by atoms with Crippen molar-refractivity contribution in [2.75, 3.05) is 6.61 Å². The second-order valence-electron chi connectivity index (χ2n) is 2.99. The van der Waals surface area contributed by atoms with Crippen LogP contribution in [0.25, 0.3) is 0 Å². The summed E-state index contributed by atoms with van der Waals surface area (Å²) >= 11 is 0. The monoisotopic (exact) mass is 168 g/mol. The Morgan fingerprint density at radius 2 is 2.42 bits per heavy atom. The lowest BCUT2D eigenvalue weighted by molar-refractivity contribution is 0.269. The lowest BCUT2D eigenvalue weighted by Crippen LogP contribution is -2.10. The minimum absolute atomic E-state index is 0.240. The molecule has 0 aliphatic heterocycles. The molecule has 1 heterocycles. The molecule has 1 N–H and O–H groups in total. The van der Waals surface area contributed by atoms with E-state index in [1.165, 1.54) is 12.3 Å². The van der Waals surface area contributed by atoms with Gasteiger partial charge in [0.1, 0.15) is 5.75 Å². The molecule has 66 valence electrons. The van der Waals surface area contributed by atoms with Crippen molar-refractivity contribution in [3.63, 3.8) is 0 Å². The predicted molar refractivity (Wildman–Crippen MR) is 45.2 cm³/mol. The zero-order chi connectivity index (χ0) is 8.97. The summed E-state index contributed by atoms with van der Waals surface area (Å²) in [4.78, 5) is 10.7. The molecule has 0 aromatic carbocycles. The predicted octanol–water partition coefficient (Wildman–Crippen LogP) is 0.805. The maximum atomic E-state index is 10.7. The number of hydrogen-bond donors (Lipinski definition) is 1. The van der Waals surface area contributed by atoms with Gasteiger partial charge in [-0.05, 0) is 5.92 Å². The van der Waals surface area contributed by atoms with E-state index >= 15 is 0 Å². The Hall–Kier alpha value is -1.32. The van der Waals surface area contributed by atoms with Crippen molar-refractivity contribution < 1.29 is 4.74 Å². The standard InChI is InChI=1S/C8H12N2O2/c1-6(2)5-12-7-3-8(11)10-9-4-7/h3-4,6H,5H2,1-2H3,(H,10,11). The molecule has 0 aliphatic rings. The quantitative estimate of drug-likeness (QED) is 0.726. The Labute approximate surface area is 70.6 Å². The summed E-state index contributed by atoms with van der Waals surface area (Å²) in [6, 6.07) is 1.38. The van der Waals surface area contributed by atoms with E-state index in [0.717, 1.165) is 0 Å². The van der Waals surface area contributed by atoms with Gasteiger partial charge in [-0.3, -0.25) is 4.79 Å². The van der Waals surface area contributed by atoms with Gasteiger partial charge in [-0.25, -0.2) is 5.10 Å². The highest BCUT2D eigenvalue weighted by Gasteiger charge is 1.97. The lowest BCUT2D eigenvalue weighted by Gasteiger charge is -2.06. The van der Waals surface area contributed by atoms with Crippen LogP contribution in [-0.2, 0) is 0 Å². The van der Waals surface area contributed by atoms with Crippen LogP contribution in [0.4, 0.5) is 0 Å². The van der Waals surface area contributed by atoms with Crippen LogP contribution >= 0.6 is 0 Å². The minimum Gasteiger partial charge on any atom is -0.491 e. The summed E-state index contributed by atoms with van der Waals surface area (Å²) in [5.74, 6) is 0.969. The molecule has 4 nitrogen and oxygen atoms in total. The zero-order valence-corrected chi connectivity index (χ0v) is 7.20. The first kappa shape index (κ1) is 8.77. The summed E-state index contributed by atoms with van der Waals surface area (Å²) in [6.07, 6.45) is 1.49. The molecule has 0 bridgehead atoms. The van der Waals surface area contributed by atoms with E-state index in [0.29, 0.717) is 18.3 Å². The van der Waals surface area contributed by atoms with Crippen molar-refractivity contribution in [3.8, 4) is 5.75 Å². The highest BCUT2D eigenvalue weighted by atomic mass is 16.5. The fourth-order valence-corrected chi connectivity index (χ4v) is 0.700. The van der Waals surface area contributed by atoms with Crippen molar-refractivity contribution in [2.45, 2.75) is 13.8 Å². The van der Waals surface area contributed by atoms with Gasteiger partial charge >= 0.3 is 0 Å². The fourth-order valence-electron chi connectivity index (χ4n) is 0.700. The van der Waals surface area contributed by atoms with E-state index in [1.807, 2.05) is 13.8 Å². The molecule has 0 aliphatic carbocycles. The van der Waals surface area contributed by atoms with Gasteiger partial charge in [-0.1, -0.05) is 13.8 Å². The normalized spacial score (nSPS) is 10.2. The molecular formula is C8H12N2O2. The van der Waals surface area contributed by atoms with Crippen molar-refractivity contribution in [3.05, 3.63) is 22.6 Å². The maximum absolute atomic E-state index is 10.7. The van der Waals surface area contributed by atoms with E-state index in [-0.39, 0.29) is 5.56 Å². The Bertz CT molecular complexity index is 293. The first-order chi connectivity index (χ1) is 5.68. The van der Waals surface area contributed by atoms with Crippen LogP contribution in [0.3, 0.4) is 0 Å². The molecule has 0 unspecified atom stereocenters. The van der Waals surface area contributed by atoms with Crippen molar-refractivity contribution in [1.29, 1.82) is 0 Å². The number of H-pyrrole nitrogens is 1. The Kier molecular flexibility index (Phi) is 2.85. The van der Waals surface area contributed by atoms with E-state index < -0.39 is 0 Å². The molecule has 0 saturated heterocycles. The number of nitrogens with one attached hydrogen (secondary N) is 1. The topological polar surface area (TPSA) is 55.0 Å². The number of hydrogen-bond acceptors (Lipinski definition) is 3. The van der Waals surface area contributed by atoms with Gasteiger partial charge in [0.2, 0.25) is 0 Å². The summed E-state index contributed by atoms with van der Waals surface area (Å²) in [7, 11) is 0. The highest BCUT2D eigenvalue weighted by molar-refractivity contribution is 5.12. The summed E-state index contributed by atoms with van der Waals surface area (Å²) in [5, 5.41) is 5.87. The smallest absolute Gasteiger partial charge is 0.267 e. The molecule has 1 aromatic rings. The van der Waals surface area contributed by atoms with Gasteiger partial charge < -0.3 is 4.74 Å². The van der Waals surface area contributed by atoms with Gasteiger partial charge in [-0.15, -0.1) is 0 Å². The number of aromatic amines is 1. The van der Waals surface area contributed by atoms with Gasteiger partial charge in [-0.2, -0.15) is 5.10 Å². The molecule has 0 saturated carbocycles. The molecule has 0 spiro atoms. The summed E-state index contributed by atoms with van der Waals surface area (Å²) in [5.41, 5.74) is -0.240. The average molecular weight is 168 g/mol. The largest absolute Gasteiger partial charge is 0.491 e. The van der Waals surface area contributed by atoms with E-state index in [4.69, 9.17) is 4.74 Å². The SMILES string of the molecule is CC(C)COc1cn[nH]c(=O)c1. The summed E-state index contributed by atoms with van der Waals surface area (Å²) < 4.78 is 5.27. The highest BCUT2D eigenvalue weighted by Crippen LogP contribution is 2.04. The third-order valence-electron chi connectivity index (χ3n) is 1.22. The van der Waals surface area contributed by atoms with Crippen molar-refractivity contribution in [1.82, 2.24) is 10.2 Å². The summed E-state index contributed by atoms with van der Waals surface area (Å²) in [6.45, 7) is 4.69. The number of rotatable bonds is 3. The third-order valence-corrected chi connectivity index (χ3v) is 1.22. The Morgan fingerprint density at radius 3 is 3.00 bits per heavy atom. The van der Waals surface area contributed by atoms with Crippen LogP contribution in [0.2, 0.25) is 0 Å². The fraction of sp³-hybridized carbons (Fsp3) is 0.500. The van der Waals surface area contributed by atoms with Crippen LogP contribution in [-0.4, -0.2) is 16.8 Å². The van der Waals surface area contributed by atoms with Gasteiger partial charge in [0.05, 0.1) is 12.8 Å². The van der Waals surface area contributed by atoms with E-state index in [1.54, 1.807) is 0 Å². The molecular weight excluding hydrogens is 156 g/mol. The zero-order valence-electron chi connectivity index (χ0n) is 7.20. The molecule has 0 amide bonds. The molecule has 1 aromatic heterocycles. The van der Waals surface area contributed by atoms with E-state index in [2.05, 4.69) is 10.2 Å². The first-order valence-corrected chi connectivity index (χ1v) is 3.86. The Morgan fingerprint density at radius 1 is 1.67 bits per heavy atom. The average Bonchev–Trinajstić information content (AvgIpc) is 2.01. The lowest BCUT2D eigenvalue weighted by atomic mass is 10.2. The van der Waals surface area contributed by atoms with Gasteiger partial charge in [0.15, 0.2) is 0 Å². The maximum Gasteiger partial charge on any atom is 0.267 e. The van der Waals surface area contributed by atoms with Crippen LogP contribution in [0.1, 0.15) is 13.8 Å². The van der Waals surface area contributed by atoms with Crippen LogP contribution < -0.4 is 10.3 Å². The molecule has 0 fully saturated rings. The van der Waals surface area contributed by atoms with Gasteiger partial charge in [0.25, 0.3) is 5.56 Å². The number of ether oxygens (including phenoxy) is 1. The molecule has 12 heavy (non-hydrogen) atoms. The van der Waals surface area contributed by atoms with Crippen LogP contribution in [0.15, 0.2) is 17.1 Å². The Balaban J connectivity index is 2.58. The molecule has 4 heteroatoms. The molecule has 1 rings (SSSR count). The van der Waals surface area contributed by atoms with Crippen molar-refractivity contribution >= 4 is 0 Å². The van der Waals surface area contributed by atoms with Gasteiger partial charge in [0, 0.05) is 6.07 Å². The second-order valence-corrected chi connectivity index (χ2v) is 2.99. The van der Waals surface area contributed by atoms with Crippen LogP contribution in [0.5, 0.6) is 5.75 Å². The third kappa shape index (κ3) is 2.74. The second kappa shape index (κ2) is 3.90. The minimum atomic E-state index is -0.240. The number of aromatic nitrogens is 2. The molecule has 0 atom stereocenters. The first-order valence-electron chi connectivity index (χ1n) is 3.86. The van der Waals surface area contributed by atoms with Crippen molar-refractivity contribution in [2.24, 2.45) is 5.92 Å².